The number of carbonyl (C=O) groups excluding carboxylic acids is 2. The van der Waals surface area contributed by atoms with Crippen molar-refractivity contribution in [3.8, 4) is 0 Å². The molecule has 4 nitrogen and oxygen atoms in total. The number of carbonyl (C=O) groups is 2. The molecule has 2 amide bonds. The van der Waals surface area contributed by atoms with Crippen LogP contribution in [-0.2, 0) is 16.1 Å². The highest BCUT2D eigenvalue weighted by molar-refractivity contribution is 6.31. The van der Waals surface area contributed by atoms with Crippen molar-refractivity contribution >= 4 is 23.4 Å². The smallest absolute Gasteiger partial charge is 0.245 e. The number of likely N-dealkylation sites (tertiary alicyclic amines) is 1. The highest BCUT2D eigenvalue weighted by Gasteiger charge is 2.47. The van der Waals surface area contributed by atoms with E-state index >= 15 is 0 Å². The molecule has 1 saturated carbocycles. The molecular weight excluding hydrogens is 343 g/mol. The van der Waals surface area contributed by atoms with Gasteiger partial charge in [0, 0.05) is 24.0 Å². The minimum Gasteiger partial charge on any atom is -0.351 e. The number of rotatable bonds is 4. The Hall–Kier alpha value is -1.62. The van der Waals surface area contributed by atoms with Crippen molar-refractivity contribution in [2.45, 2.75) is 70.0 Å². The first-order valence-electron chi connectivity index (χ1n) is 8.95. The van der Waals surface area contributed by atoms with Crippen LogP contribution in [0.25, 0.3) is 0 Å². The van der Waals surface area contributed by atoms with E-state index in [1.807, 2.05) is 6.92 Å². The summed E-state index contributed by atoms with van der Waals surface area (Å²) >= 11 is 6.11. The third-order valence-corrected chi connectivity index (χ3v) is 5.85. The summed E-state index contributed by atoms with van der Waals surface area (Å²) in [6.45, 7) is 2.03. The van der Waals surface area contributed by atoms with Crippen LogP contribution in [0.1, 0.15) is 57.4 Å². The predicted octanol–water partition coefficient (Wildman–Crippen LogP) is 3.81. The zero-order valence-electron chi connectivity index (χ0n) is 14.5. The van der Waals surface area contributed by atoms with Gasteiger partial charge in [-0.1, -0.05) is 36.9 Å². The average Bonchev–Trinajstić information content (AvgIpc) is 2.87. The number of hydrogen-bond donors (Lipinski definition) is 1. The lowest BCUT2D eigenvalue weighted by Crippen LogP contribution is -2.56. The summed E-state index contributed by atoms with van der Waals surface area (Å²) in [5.41, 5.74) is -0.235. The highest BCUT2D eigenvalue weighted by atomic mass is 35.5. The minimum absolute atomic E-state index is 0.0679. The van der Waals surface area contributed by atoms with Gasteiger partial charge in [0.2, 0.25) is 11.8 Å². The maximum atomic E-state index is 13.2. The zero-order chi connectivity index (χ0) is 18.0. The Morgan fingerprint density at radius 2 is 2.08 bits per heavy atom. The van der Waals surface area contributed by atoms with E-state index in [9.17, 15) is 14.0 Å². The monoisotopic (exact) mass is 366 g/mol. The average molecular weight is 367 g/mol. The van der Waals surface area contributed by atoms with E-state index in [1.165, 1.54) is 18.6 Å². The van der Waals surface area contributed by atoms with Crippen molar-refractivity contribution in [1.29, 1.82) is 0 Å². The van der Waals surface area contributed by atoms with Crippen LogP contribution in [0.5, 0.6) is 0 Å². The van der Waals surface area contributed by atoms with Gasteiger partial charge in [-0.2, -0.15) is 0 Å². The molecule has 1 aliphatic heterocycles. The zero-order valence-corrected chi connectivity index (χ0v) is 15.2. The summed E-state index contributed by atoms with van der Waals surface area (Å²) in [7, 11) is 0. The van der Waals surface area contributed by atoms with E-state index in [4.69, 9.17) is 11.6 Å². The van der Waals surface area contributed by atoms with Gasteiger partial charge in [-0.05, 0) is 43.9 Å². The second kappa shape index (κ2) is 7.32. The maximum Gasteiger partial charge on any atom is 0.245 e. The number of amides is 2. The van der Waals surface area contributed by atoms with E-state index < -0.39 is 11.4 Å². The molecule has 25 heavy (non-hydrogen) atoms. The molecule has 1 aliphatic carbocycles. The van der Waals surface area contributed by atoms with Gasteiger partial charge in [-0.25, -0.2) is 4.39 Å². The van der Waals surface area contributed by atoms with Crippen LogP contribution in [-0.4, -0.2) is 28.3 Å². The molecule has 2 fully saturated rings. The molecule has 1 N–H and O–H groups in total. The van der Waals surface area contributed by atoms with Gasteiger partial charge < -0.3 is 10.2 Å². The summed E-state index contributed by atoms with van der Waals surface area (Å²) in [5.74, 6) is -0.579. The van der Waals surface area contributed by atoms with E-state index in [-0.39, 0.29) is 29.4 Å². The maximum absolute atomic E-state index is 13.2. The Kier molecular flexibility index (Phi) is 5.32. The molecule has 1 aromatic carbocycles. The predicted molar refractivity (Wildman–Crippen MR) is 94.6 cm³/mol. The Labute approximate surface area is 152 Å². The molecule has 136 valence electrons. The standard InChI is InChI=1S/C19H24ClFN2O2/c1-19(18(25)22-15-5-3-2-4-6-15)10-9-17(24)23(19)12-13-7-8-14(21)11-16(13)20/h7-8,11,15H,2-6,9-10,12H2,1H3,(H,22,25)/t19-/m1/s1. The summed E-state index contributed by atoms with van der Waals surface area (Å²) < 4.78 is 13.2. The Bertz CT molecular complexity index is 675. The second-order valence-corrected chi connectivity index (χ2v) is 7.71. The lowest BCUT2D eigenvalue weighted by Gasteiger charge is -2.36. The second-order valence-electron chi connectivity index (χ2n) is 7.30. The van der Waals surface area contributed by atoms with E-state index in [1.54, 1.807) is 11.0 Å². The van der Waals surface area contributed by atoms with Crippen LogP contribution in [0.3, 0.4) is 0 Å². The fourth-order valence-corrected chi connectivity index (χ4v) is 4.03. The molecule has 3 rings (SSSR count). The van der Waals surface area contributed by atoms with Crippen molar-refractivity contribution < 1.29 is 14.0 Å². The normalized spacial score (nSPS) is 24.6. The number of halogens is 2. The van der Waals surface area contributed by atoms with Crippen LogP contribution in [0.2, 0.25) is 5.02 Å². The van der Waals surface area contributed by atoms with Gasteiger partial charge in [0.05, 0.1) is 0 Å². The van der Waals surface area contributed by atoms with Crippen molar-refractivity contribution in [2.24, 2.45) is 0 Å². The molecule has 6 heteroatoms. The number of nitrogens with zero attached hydrogens (tertiary/aromatic N) is 1. The van der Waals surface area contributed by atoms with Gasteiger partial charge in [-0.3, -0.25) is 9.59 Å². The van der Waals surface area contributed by atoms with Gasteiger partial charge in [0.25, 0.3) is 0 Å². The van der Waals surface area contributed by atoms with Crippen molar-refractivity contribution in [3.63, 3.8) is 0 Å². The Balaban J connectivity index is 1.76. The lowest BCUT2D eigenvalue weighted by atomic mass is 9.92. The number of hydrogen-bond acceptors (Lipinski definition) is 2. The first kappa shape index (κ1) is 18.2. The molecule has 1 saturated heterocycles. The highest BCUT2D eigenvalue weighted by Crippen LogP contribution is 2.34. The molecule has 1 heterocycles. The Morgan fingerprint density at radius 1 is 1.36 bits per heavy atom. The van der Waals surface area contributed by atoms with E-state index in [0.29, 0.717) is 18.4 Å². The largest absolute Gasteiger partial charge is 0.351 e. The first-order valence-corrected chi connectivity index (χ1v) is 9.33. The van der Waals surface area contributed by atoms with Crippen LogP contribution in [0, 0.1) is 5.82 Å². The third kappa shape index (κ3) is 3.81. The summed E-state index contributed by atoms with van der Waals surface area (Å²) in [6.07, 6.45) is 6.32. The third-order valence-electron chi connectivity index (χ3n) is 5.50. The Morgan fingerprint density at radius 3 is 2.76 bits per heavy atom. The fourth-order valence-electron chi connectivity index (χ4n) is 3.80. The lowest BCUT2D eigenvalue weighted by molar-refractivity contribution is -0.141. The van der Waals surface area contributed by atoms with Crippen molar-refractivity contribution in [3.05, 3.63) is 34.6 Å². The van der Waals surface area contributed by atoms with Crippen LogP contribution in [0.15, 0.2) is 18.2 Å². The van der Waals surface area contributed by atoms with Crippen molar-refractivity contribution in [2.75, 3.05) is 0 Å². The van der Waals surface area contributed by atoms with Gasteiger partial charge in [-0.15, -0.1) is 0 Å². The van der Waals surface area contributed by atoms with Crippen LogP contribution < -0.4 is 5.32 Å². The summed E-state index contributed by atoms with van der Waals surface area (Å²) in [4.78, 5) is 26.9. The number of benzene rings is 1. The van der Waals surface area contributed by atoms with Crippen molar-refractivity contribution in [1.82, 2.24) is 10.2 Å². The quantitative estimate of drug-likeness (QED) is 0.880. The molecule has 1 atom stereocenters. The molecule has 0 bridgehead atoms. The molecular formula is C19H24ClFN2O2. The van der Waals surface area contributed by atoms with E-state index in [2.05, 4.69) is 5.32 Å². The first-order chi connectivity index (χ1) is 11.9. The van der Waals surface area contributed by atoms with Gasteiger partial charge in [0.15, 0.2) is 0 Å². The van der Waals surface area contributed by atoms with Gasteiger partial charge >= 0.3 is 0 Å². The number of nitrogens with one attached hydrogen (secondary N) is 1. The van der Waals surface area contributed by atoms with Crippen LogP contribution in [0.4, 0.5) is 4.39 Å². The van der Waals surface area contributed by atoms with Gasteiger partial charge in [0.1, 0.15) is 11.4 Å². The summed E-state index contributed by atoms with van der Waals surface area (Å²) in [5, 5.41) is 3.41. The fraction of sp³-hybridized carbons (Fsp3) is 0.579. The minimum atomic E-state index is -0.883. The summed E-state index contributed by atoms with van der Waals surface area (Å²) in [6, 6.07) is 4.32. The molecule has 0 radical (unpaired) electrons. The molecule has 2 aliphatic rings. The molecule has 1 aromatic rings. The van der Waals surface area contributed by atoms with Crippen LogP contribution >= 0.6 is 11.6 Å². The molecule has 0 spiro atoms. The molecule has 0 aromatic heterocycles. The molecule has 0 unspecified atom stereocenters. The SMILES string of the molecule is C[C@]1(C(=O)NC2CCCCC2)CCC(=O)N1Cc1ccc(F)cc1Cl. The van der Waals surface area contributed by atoms with E-state index in [0.717, 1.165) is 25.7 Å². The topological polar surface area (TPSA) is 49.4 Å².